The summed E-state index contributed by atoms with van der Waals surface area (Å²) in [6.07, 6.45) is 3.96. The Kier molecular flexibility index (Phi) is 4.81. The lowest BCUT2D eigenvalue weighted by atomic mass is 9.73. The van der Waals surface area contributed by atoms with Gasteiger partial charge in [0.25, 0.3) is 0 Å². The third kappa shape index (κ3) is 2.98. The van der Waals surface area contributed by atoms with E-state index in [2.05, 4.69) is 25.8 Å². The van der Waals surface area contributed by atoms with Gasteiger partial charge in [-0.3, -0.25) is 0 Å². The van der Waals surface area contributed by atoms with E-state index in [0.29, 0.717) is 10.8 Å². The first kappa shape index (κ1) is 14.0. The van der Waals surface area contributed by atoms with Gasteiger partial charge in [0.15, 0.2) is 0 Å². The summed E-state index contributed by atoms with van der Waals surface area (Å²) in [7, 11) is 2.20. The van der Waals surface area contributed by atoms with Crippen LogP contribution in [0.2, 0.25) is 0 Å². The first-order chi connectivity index (χ1) is 7.58. The van der Waals surface area contributed by atoms with Gasteiger partial charge in [-0.05, 0) is 31.7 Å². The topological polar surface area (TPSA) is 12.5 Å². The van der Waals surface area contributed by atoms with Gasteiger partial charge in [-0.2, -0.15) is 0 Å². The van der Waals surface area contributed by atoms with Crippen molar-refractivity contribution < 1.29 is 4.74 Å². The molecule has 0 radical (unpaired) electrons. The zero-order valence-electron chi connectivity index (χ0n) is 11.8. The second kappa shape index (κ2) is 5.50. The minimum atomic E-state index is 0.442. The van der Waals surface area contributed by atoms with Crippen LogP contribution in [-0.2, 0) is 4.74 Å². The molecule has 2 heterocycles. The van der Waals surface area contributed by atoms with Crippen LogP contribution in [-0.4, -0.2) is 38.3 Å². The minimum absolute atomic E-state index is 0.442. The molecule has 1 spiro atoms. The maximum atomic E-state index is 5.88. The van der Waals surface area contributed by atoms with Crippen LogP contribution in [0.15, 0.2) is 0 Å². The highest BCUT2D eigenvalue weighted by atomic mass is 16.5. The Morgan fingerprint density at radius 2 is 1.75 bits per heavy atom. The summed E-state index contributed by atoms with van der Waals surface area (Å²) in [5.41, 5.74) is 0.958. The molecule has 0 N–H and O–H groups in total. The predicted octanol–water partition coefficient (Wildman–Crippen LogP) is 3.17. The number of hydrogen-bond acceptors (Lipinski definition) is 2. The van der Waals surface area contributed by atoms with Crippen molar-refractivity contribution in [1.29, 1.82) is 0 Å². The monoisotopic (exact) mass is 227 g/mol. The Hall–Kier alpha value is -0.0800. The normalized spacial score (nSPS) is 33.6. The van der Waals surface area contributed by atoms with E-state index in [0.717, 1.165) is 13.2 Å². The van der Waals surface area contributed by atoms with Crippen LogP contribution in [0.25, 0.3) is 0 Å². The smallest absolute Gasteiger partial charge is 0.0547 e. The van der Waals surface area contributed by atoms with Crippen LogP contribution in [0, 0.1) is 10.8 Å². The van der Waals surface area contributed by atoms with Gasteiger partial charge in [0.2, 0.25) is 0 Å². The summed E-state index contributed by atoms with van der Waals surface area (Å²) < 4.78 is 5.88. The molecule has 0 aromatic carbocycles. The van der Waals surface area contributed by atoms with Gasteiger partial charge in [-0.25, -0.2) is 0 Å². The lowest BCUT2D eigenvalue weighted by Crippen LogP contribution is -2.56. The number of nitrogens with zero attached hydrogens (tertiary/aromatic N) is 1. The van der Waals surface area contributed by atoms with Gasteiger partial charge in [-0.1, -0.05) is 27.7 Å². The zero-order valence-corrected chi connectivity index (χ0v) is 11.8. The van der Waals surface area contributed by atoms with E-state index < -0.39 is 0 Å². The van der Waals surface area contributed by atoms with Crippen LogP contribution >= 0.6 is 0 Å². The van der Waals surface area contributed by atoms with Crippen LogP contribution in [0.5, 0.6) is 0 Å². The third-order valence-corrected chi connectivity index (χ3v) is 4.18. The molecule has 2 fully saturated rings. The molecule has 2 aliphatic heterocycles. The van der Waals surface area contributed by atoms with Crippen molar-refractivity contribution in [2.24, 2.45) is 10.8 Å². The summed E-state index contributed by atoms with van der Waals surface area (Å²) >= 11 is 0. The lowest BCUT2D eigenvalue weighted by Gasteiger charge is -2.48. The molecule has 96 valence electrons. The van der Waals surface area contributed by atoms with E-state index in [1.165, 1.54) is 32.4 Å². The molecule has 0 aliphatic carbocycles. The fourth-order valence-corrected chi connectivity index (χ4v) is 2.85. The van der Waals surface area contributed by atoms with Crippen LogP contribution in [0.3, 0.4) is 0 Å². The summed E-state index contributed by atoms with van der Waals surface area (Å²) in [5, 5.41) is 0. The molecule has 16 heavy (non-hydrogen) atoms. The van der Waals surface area contributed by atoms with Crippen molar-refractivity contribution in [2.45, 2.75) is 47.0 Å². The Bertz CT molecular complexity index is 211. The highest BCUT2D eigenvalue weighted by Crippen LogP contribution is 2.42. The van der Waals surface area contributed by atoms with Gasteiger partial charge in [0.05, 0.1) is 13.2 Å². The molecule has 0 aromatic heterocycles. The average Bonchev–Trinajstić information content (AvgIpc) is 2.43. The predicted molar refractivity (Wildman–Crippen MR) is 69.7 cm³/mol. The fraction of sp³-hybridized carbons (Fsp3) is 1.00. The maximum Gasteiger partial charge on any atom is 0.0547 e. The van der Waals surface area contributed by atoms with Gasteiger partial charge >= 0.3 is 0 Å². The number of rotatable bonds is 1. The molecule has 0 bridgehead atoms. The first-order valence-electron chi connectivity index (χ1n) is 6.84. The standard InChI is InChI=1S/C12H23NO.C2H6/c1-4-11(2)5-6-12(10-14-9-11)7-13(3)8-12;1-2/h4-10H2,1-3H3;1-2H3. The van der Waals surface area contributed by atoms with E-state index >= 15 is 0 Å². The van der Waals surface area contributed by atoms with E-state index in [1.54, 1.807) is 0 Å². The third-order valence-electron chi connectivity index (χ3n) is 4.18. The Morgan fingerprint density at radius 1 is 1.12 bits per heavy atom. The molecule has 2 rings (SSSR count). The molecular weight excluding hydrogens is 198 g/mol. The maximum absolute atomic E-state index is 5.88. The first-order valence-corrected chi connectivity index (χ1v) is 6.84. The quantitative estimate of drug-likeness (QED) is 0.682. The summed E-state index contributed by atoms with van der Waals surface area (Å²) in [6, 6.07) is 0. The number of likely N-dealkylation sites (tertiary alicyclic amines) is 1. The second-order valence-electron chi connectivity index (χ2n) is 5.83. The van der Waals surface area contributed by atoms with Crippen LogP contribution in [0.1, 0.15) is 47.0 Å². The molecule has 1 unspecified atom stereocenters. The number of ether oxygens (including phenoxy) is 1. The minimum Gasteiger partial charge on any atom is -0.380 e. The van der Waals surface area contributed by atoms with Crippen molar-refractivity contribution in [3.63, 3.8) is 0 Å². The lowest BCUT2D eigenvalue weighted by molar-refractivity contribution is -0.0493. The van der Waals surface area contributed by atoms with E-state index in [-0.39, 0.29) is 0 Å². The van der Waals surface area contributed by atoms with E-state index in [4.69, 9.17) is 4.74 Å². The van der Waals surface area contributed by atoms with Crippen LogP contribution in [0.4, 0.5) is 0 Å². The van der Waals surface area contributed by atoms with E-state index in [1.807, 2.05) is 13.8 Å². The molecule has 1 atom stereocenters. The van der Waals surface area contributed by atoms with Crippen molar-refractivity contribution in [2.75, 3.05) is 33.4 Å². The van der Waals surface area contributed by atoms with Crippen molar-refractivity contribution in [1.82, 2.24) is 4.90 Å². The van der Waals surface area contributed by atoms with Crippen LogP contribution < -0.4 is 0 Å². The molecule has 0 amide bonds. The fourth-order valence-electron chi connectivity index (χ4n) is 2.85. The second-order valence-corrected chi connectivity index (χ2v) is 5.83. The largest absolute Gasteiger partial charge is 0.380 e. The molecule has 0 aromatic rings. The Labute approximate surface area is 101 Å². The molecule has 2 saturated heterocycles. The highest BCUT2D eigenvalue weighted by molar-refractivity contribution is 4.96. The van der Waals surface area contributed by atoms with Gasteiger partial charge in [-0.15, -0.1) is 0 Å². The molecular formula is C14H29NO. The molecule has 0 saturated carbocycles. The van der Waals surface area contributed by atoms with Crippen molar-refractivity contribution >= 4 is 0 Å². The molecule has 2 heteroatoms. The summed E-state index contributed by atoms with van der Waals surface area (Å²) in [6.45, 7) is 13.1. The summed E-state index contributed by atoms with van der Waals surface area (Å²) in [5.74, 6) is 0. The average molecular weight is 227 g/mol. The molecule has 2 aliphatic rings. The van der Waals surface area contributed by atoms with Gasteiger partial charge in [0, 0.05) is 18.5 Å². The number of hydrogen-bond donors (Lipinski definition) is 0. The van der Waals surface area contributed by atoms with Crippen molar-refractivity contribution in [3.8, 4) is 0 Å². The van der Waals surface area contributed by atoms with Gasteiger partial charge < -0.3 is 9.64 Å². The van der Waals surface area contributed by atoms with Crippen molar-refractivity contribution in [3.05, 3.63) is 0 Å². The highest BCUT2D eigenvalue weighted by Gasteiger charge is 2.44. The van der Waals surface area contributed by atoms with E-state index in [9.17, 15) is 0 Å². The Balaban J connectivity index is 0.000000606. The van der Waals surface area contributed by atoms with Gasteiger partial charge in [0.1, 0.15) is 0 Å². The molecule has 2 nitrogen and oxygen atoms in total. The summed E-state index contributed by atoms with van der Waals surface area (Å²) in [4.78, 5) is 2.40. The zero-order chi connectivity index (χ0) is 12.2. The SMILES string of the molecule is CC.CCC1(C)CCC2(COC1)CN(C)C2. The Morgan fingerprint density at radius 3 is 2.25 bits per heavy atom.